The zero-order valence-electron chi connectivity index (χ0n) is 13.4. The number of carbonyl (C=O) groups excluding carboxylic acids is 1. The Morgan fingerprint density at radius 1 is 1.18 bits per heavy atom. The van der Waals surface area contributed by atoms with Crippen LogP contribution in [-0.2, 0) is 6.54 Å². The lowest BCUT2D eigenvalue weighted by atomic mass is 10.1. The van der Waals surface area contributed by atoms with Gasteiger partial charge in [0.25, 0.3) is 5.91 Å². The second-order valence-corrected chi connectivity index (χ2v) is 5.91. The van der Waals surface area contributed by atoms with Gasteiger partial charge in [0.1, 0.15) is 0 Å². The van der Waals surface area contributed by atoms with Crippen LogP contribution in [0, 0.1) is 12.8 Å². The molecule has 0 bridgehead atoms. The molecule has 0 saturated carbocycles. The normalized spacial score (nSPS) is 10.5. The average Bonchev–Trinajstić information content (AvgIpc) is 2.52. The minimum Gasteiger partial charge on any atom is -0.384 e. The van der Waals surface area contributed by atoms with E-state index >= 15 is 0 Å². The summed E-state index contributed by atoms with van der Waals surface area (Å²) in [6.45, 7) is 7.69. The van der Waals surface area contributed by atoms with E-state index in [0.717, 1.165) is 17.8 Å². The highest BCUT2D eigenvalue weighted by Crippen LogP contribution is 2.10. The van der Waals surface area contributed by atoms with Crippen molar-refractivity contribution in [3.05, 3.63) is 59.4 Å². The SMILES string of the molecule is Cc1ccc(CNC(=O)c2cncc(NCC(C)C)c2)cc1. The van der Waals surface area contributed by atoms with Gasteiger partial charge in [0.05, 0.1) is 11.3 Å². The van der Waals surface area contributed by atoms with Crippen molar-refractivity contribution in [2.24, 2.45) is 5.92 Å². The van der Waals surface area contributed by atoms with E-state index in [9.17, 15) is 4.79 Å². The summed E-state index contributed by atoms with van der Waals surface area (Å²) in [5.41, 5.74) is 3.74. The second kappa shape index (κ2) is 7.59. The maximum absolute atomic E-state index is 12.2. The summed E-state index contributed by atoms with van der Waals surface area (Å²) >= 11 is 0. The van der Waals surface area contributed by atoms with Crippen LogP contribution in [-0.4, -0.2) is 17.4 Å². The Balaban J connectivity index is 1.94. The predicted octanol–water partition coefficient (Wildman–Crippen LogP) is 3.39. The number of aryl methyl sites for hydroxylation is 1. The molecule has 0 aliphatic carbocycles. The number of hydrogen-bond donors (Lipinski definition) is 2. The Hall–Kier alpha value is -2.36. The number of amides is 1. The fourth-order valence-corrected chi connectivity index (χ4v) is 1.97. The Bertz CT molecular complexity index is 620. The summed E-state index contributed by atoms with van der Waals surface area (Å²) < 4.78 is 0. The van der Waals surface area contributed by atoms with Gasteiger partial charge in [-0.3, -0.25) is 9.78 Å². The highest BCUT2D eigenvalue weighted by molar-refractivity contribution is 5.94. The largest absolute Gasteiger partial charge is 0.384 e. The van der Waals surface area contributed by atoms with Crippen LogP contribution in [0.5, 0.6) is 0 Å². The summed E-state index contributed by atoms with van der Waals surface area (Å²) in [7, 11) is 0. The molecule has 0 aliphatic heterocycles. The fourth-order valence-electron chi connectivity index (χ4n) is 1.97. The summed E-state index contributed by atoms with van der Waals surface area (Å²) in [6.07, 6.45) is 3.32. The number of pyridine rings is 1. The molecule has 0 unspecified atom stereocenters. The lowest BCUT2D eigenvalue weighted by molar-refractivity contribution is 0.0950. The standard InChI is InChI=1S/C18H23N3O/c1-13(2)9-20-17-8-16(11-19-12-17)18(22)21-10-15-6-4-14(3)5-7-15/h4-8,11-13,20H,9-10H2,1-3H3,(H,21,22). The maximum Gasteiger partial charge on any atom is 0.253 e. The number of hydrogen-bond acceptors (Lipinski definition) is 3. The first-order chi connectivity index (χ1) is 10.5. The van der Waals surface area contributed by atoms with Crippen molar-refractivity contribution in [1.29, 1.82) is 0 Å². The van der Waals surface area contributed by atoms with E-state index in [4.69, 9.17) is 0 Å². The fraction of sp³-hybridized carbons (Fsp3) is 0.333. The van der Waals surface area contributed by atoms with Crippen molar-refractivity contribution in [3.8, 4) is 0 Å². The van der Waals surface area contributed by atoms with Gasteiger partial charge in [0.2, 0.25) is 0 Å². The van der Waals surface area contributed by atoms with Gasteiger partial charge in [-0.05, 0) is 24.5 Å². The number of carbonyl (C=O) groups is 1. The van der Waals surface area contributed by atoms with Gasteiger partial charge in [-0.25, -0.2) is 0 Å². The van der Waals surface area contributed by atoms with Crippen LogP contribution in [0.2, 0.25) is 0 Å². The molecule has 4 nitrogen and oxygen atoms in total. The summed E-state index contributed by atoms with van der Waals surface area (Å²) in [5, 5.41) is 6.20. The van der Waals surface area contributed by atoms with Gasteiger partial charge >= 0.3 is 0 Å². The molecule has 1 amide bonds. The number of anilines is 1. The number of nitrogens with one attached hydrogen (secondary N) is 2. The molecule has 0 radical (unpaired) electrons. The van der Waals surface area contributed by atoms with Gasteiger partial charge in [-0.2, -0.15) is 0 Å². The first-order valence-corrected chi connectivity index (χ1v) is 7.57. The molecule has 0 aliphatic rings. The third-order valence-electron chi connectivity index (χ3n) is 3.29. The Kier molecular flexibility index (Phi) is 5.53. The van der Waals surface area contributed by atoms with Gasteiger partial charge in [-0.15, -0.1) is 0 Å². The van der Waals surface area contributed by atoms with Crippen LogP contribution in [0.4, 0.5) is 5.69 Å². The quantitative estimate of drug-likeness (QED) is 0.859. The minimum atomic E-state index is -0.110. The molecular formula is C18H23N3O. The molecule has 1 aromatic heterocycles. The molecule has 0 spiro atoms. The first-order valence-electron chi connectivity index (χ1n) is 7.57. The van der Waals surface area contributed by atoms with E-state index in [1.807, 2.05) is 37.3 Å². The molecule has 22 heavy (non-hydrogen) atoms. The predicted molar refractivity (Wildman–Crippen MR) is 89.9 cm³/mol. The van der Waals surface area contributed by atoms with E-state index in [0.29, 0.717) is 18.0 Å². The van der Waals surface area contributed by atoms with E-state index < -0.39 is 0 Å². The third-order valence-corrected chi connectivity index (χ3v) is 3.29. The molecule has 0 atom stereocenters. The van der Waals surface area contributed by atoms with Crippen molar-refractivity contribution in [2.45, 2.75) is 27.3 Å². The zero-order valence-corrected chi connectivity index (χ0v) is 13.4. The first kappa shape index (κ1) is 16.0. The van der Waals surface area contributed by atoms with E-state index in [-0.39, 0.29) is 5.91 Å². The molecule has 2 aromatic rings. The molecule has 2 N–H and O–H groups in total. The van der Waals surface area contributed by atoms with Crippen molar-refractivity contribution >= 4 is 11.6 Å². The summed E-state index contributed by atoms with van der Waals surface area (Å²) in [6, 6.07) is 9.96. The van der Waals surface area contributed by atoms with Crippen LogP contribution in [0.15, 0.2) is 42.7 Å². The van der Waals surface area contributed by atoms with Crippen LogP contribution in [0.25, 0.3) is 0 Å². The van der Waals surface area contributed by atoms with Crippen molar-refractivity contribution < 1.29 is 4.79 Å². The van der Waals surface area contributed by atoms with Crippen LogP contribution < -0.4 is 10.6 Å². The molecule has 2 rings (SSSR count). The van der Waals surface area contributed by atoms with E-state index in [1.165, 1.54) is 5.56 Å². The monoisotopic (exact) mass is 297 g/mol. The minimum absolute atomic E-state index is 0.110. The zero-order chi connectivity index (χ0) is 15.9. The van der Waals surface area contributed by atoms with Gasteiger partial charge in [0, 0.05) is 25.5 Å². The number of nitrogens with zero attached hydrogens (tertiary/aromatic N) is 1. The summed E-state index contributed by atoms with van der Waals surface area (Å²) in [5.74, 6) is 0.431. The highest BCUT2D eigenvalue weighted by atomic mass is 16.1. The number of benzene rings is 1. The molecule has 116 valence electrons. The number of rotatable bonds is 6. The van der Waals surface area contributed by atoms with Crippen molar-refractivity contribution in [2.75, 3.05) is 11.9 Å². The second-order valence-electron chi connectivity index (χ2n) is 5.91. The molecule has 0 fully saturated rings. The average molecular weight is 297 g/mol. The lowest BCUT2D eigenvalue weighted by Gasteiger charge is -2.10. The Labute approximate surface area is 132 Å². The molecule has 4 heteroatoms. The molecule has 1 heterocycles. The van der Waals surface area contributed by atoms with Gasteiger partial charge in [0.15, 0.2) is 0 Å². The molecular weight excluding hydrogens is 274 g/mol. The molecule has 1 aromatic carbocycles. The Morgan fingerprint density at radius 3 is 2.59 bits per heavy atom. The van der Waals surface area contributed by atoms with Crippen molar-refractivity contribution in [3.63, 3.8) is 0 Å². The Morgan fingerprint density at radius 2 is 1.91 bits per heavy atom. The van der Waals surface area contributed by atoms with Gasteiger partial charge in [-0.1, -0.05) is 43.7 Å². The smallest absolute Gasteiger partial charge is 0.253 e. The van der Waals surface area contributed by atoms with Crippen LogP contribution in [0.3, 0.4) is 0 Å². The maximum atomic E-state index is 12.2. The highest BCUT2D eigenvalue weighted by Gasteiger charge is 2.07. The third kappa shape index (κ3) is 4.88. The summed E-state index contributed by atoms with van der Waals surface area (Å²) in [4.78, 5) is 16.3. The van der Waals surface area contributed by atoms with E-state index in [2.05, 4.69) is 29.5 Å². The topological polar surface area (TPSA) is 54.0 Å². The van der Waals surface area contributed by atoms with Crippen LogP contribution >= 0.6 is 0 Å². The van der Waals surface area contributed by atoms with Gasteiger partial charge < -0.3 is 10.6 Å². The lowest BCUT2D eigenvalue weighted by Crippen LogP contribution is -2.23. The van der Waals surface area contributed by atoms with E-state index in [1.54, 1.807) is 12.4 Å². The number of aromatic nitrogens is 1. The van der Waals surface area contributed by atoms with Crippen LogP contribution in [0.1, 0.15) is 35.3 Å². The van der Waals surface area contributed by atoms with Crippen molar-refractivity contribution in [1.82, 2.24) is 10.3 Å². The molecule has 0 saturated heterocycles.